The predicted octanol–water partition coefficient (Wildman–Crippen LogP) is 0.353. The molecule has 2 rings (SSSR count). The molecule has 0 saturated carbocycles. The van der Waals surface area contributed by atoms with Gasteiger partial charge in [-0.1, -0.05) is 0 Å². The highest BCUT2D eigenvalue weighted by molar-refractivity contribution is 6.12. The zero-order valence-electron chi connectivity index (χ0n) is 7.95. The smallest absolute Gasteiger partial charge is 0.364 e. The van der Waals surface area contributed by atoms with Crippen molar-refractivity contribution < 1.29 is 19.4 Å². The molecule has 1 aliphatic heterocycles. The molecule has 0 aliphatic carbocycles. The Morgan fingerprint density at radius 3 is 2.69 bits per heavy atom. The summed E-state index contributed by atoms with van der Waals surface area (Å²) in [5, 5.41) is 8.49. The molecule has 1 aromatic rings. The van der Waals surface area contributed by atoms with E-state index >= 15 is 0 Å². The topological polar surface area (TPSA) is 88.8 Å². The fourth-order valence-electron chi connectivity index (χ4n) is 1.14. The van der Waals surface area contributed by atoms with Crippen LogP contribution in [0.15, 0.2) is 41.3 Å². The van der Waals surface area contributed by atoms with Crippen molar-refractivity contribution in [2.24, 2.45) is 4.99 Å². The average molecular weight is 218 g/mol. The molecule has 0 saturated heterocycles. The van der Waals surface area contributed by atoms with Crippen molar-refractivity contribution >= 4 is 17.8 Å². The number of esters is 1. The monoisotopic (exact) mass is 218 g/mol. The molecule has 1 aliphatic rings. The SMILES string of the molecule is O=C(O)/C=C1/N=C(c2ccncc2)OC1=O. The normalized spacial score (nSPS) is 17.1. The number of aliphatic carboxylic acids is 1. The van der Waals surface area contributed by atoms with Crippen LogP contribution in [-0.2, 0) is 14.3 Å². The van der Waals surface area contributed by atoms with Crippen molar-refractivity contribution in [3.63, 3.8) is 0 Å². The average Bonchev–Trinajstić information content (AvgIpc) is 2.61. The van der Waals surface area contributed by atoms with E-state index in [4.69, 9.17) is 9.84 Å². The Balaban J connectivity index is 2.34. The number of aromatic nitrogens is 1. The van der Waals surface area contributed by atoms with Crippen LogP contribution in [-0.4, -0.2) is 27.9 Å². The lowest BCUT2D eigenvalue weighted by atomic mass is 10.3. The van der Waals surface area contributed by atoms with E-state index in [0.717, 1.165) is 0 Å². The summed E-state index contributed by atoms with van der Waals surface area (Å²) in [5.74, 6) is -1.93. The molecule has 0 amide bonds. The number of pyridine rings is 1. The van der Waals surface area contributed by atoms with E-state index in [0.29, 0.717) is 11.6 Å². The third-order valence-corrected chi connectivity index (χ3v) is 1.81. The number of ether oxygens (including phenoxy) is 1. The van der Waals surface area contributed by atoms with Crippen LogP contribution in [0.25, 0.3) is 0 Å². The van der Waals surface area contributed by atoms with Gasteiger partial charge in [0, 0.05) is 18.0 Å². The highest BCUT2D eigenvalue weighted by Crippen LogP contribution is 2.15. The maximum absolute atomic E-state index is 11.2. The van der Waals surface area contributed by atoms with Crippen LogP contribution in [0.4, 0.5) is 0 Å². The molecule has 0 fully saturated rings. The fraction of sp³-hybridized carbons (Fsp3) is 0. The zero-order valence-corrected chi connectivity index (χ0v) is 7.95. The predicted molar refractivity (Wildman–Crippen MR) is 52.6 cm³/mol. The number of carboxylic acids is 1. The Labute approximate surface area is 89.9 Å². The third kappa shape index (κ3) is 1.95. The van der Waals surface area contributed by atoms with Crippen LogP contribution in [0.5, 0.6) is 0 Å². The largest absolute Gasteiger partial charge is 0.478 e. The number of cyclic esters (lactones) is 1. The molecule has 6 nitrogen and oxygen atoms in total. The van der Waals surface area contributed by atoms with Gasteiger partial charge in [0.15, 0.2) is 5.70 Å². The zero-order chi connectivity index (χ0) is 11.5. The van der Waals surface area contributed by atoms with Gasteiger partial charge in [-0.3, -0.25) is 4.98 Å². The number of carbonyl (C=O) groups is 2. The van der Waals surface area contributed by atoms with Crippen molar-refractivity contribution in [3.8, 4) is 0 Å². The van der Waals surface area contributed by atoms with E-state index in [1.165, 1.54) is 12.4 Å². The summed E-state index contributed by atoms with van der Waals surface area (Å²) in [5.41, 5.74) is 0.344. The third-order valence-electron chi connectivity index (χ3n) is 1.81. The summed E-state index contributed by atoms with van der Waals surface area (Å²) < 4.78 is 4.81. The number of hydrogen-bond donors (Lipinski definition) is 1. The van der Waals surface area contributed by atoms with Gasteiger partial charge >= 0.3 is 11.9 Å². The summed E-state index contributed by atoms with van der Waals surface area (Å²) in [7, 11) is 0. The molecule has 6 heteroatoms. The lowest BCUT2D eigenvalue weighted by Gasteiger charge is -1.96. The maximum atomic E-state index is 11.2. The van der Waals surface area contributed by atoms with Gasteiger partial charge < -0.3 is 9.84 Å². The molecule has 16 heavy (non-hydrogen) atoms. The van der Waals surface area contributed by atoms with E-state index in [1.807, 2.05) is 0 Å². The van der Waals surface area contributed by atoms with E-state index in [-0.39, 0.29) is 11.6 Å². The molecule has 0 spiro atoms. The van der Waals surface area contributed by atoms with Gasteiger partial charge in [-0.25, -0.2) is 14.6 Å². The lowest BCUT2D eigenvalue weighted by molar-refractivity contribution is -0.133. The van der Waals surface area contributed by atoms with E-state index in [9.17, 15) is 9.59 Å². The van der Waals surface area contributed by atoms with Gasteiger partial charge in [-0.2, -0.15) is 0 Å². The van der Waals surface area contributed by atoms with Crippen LogP contribution in [0.3, 0.4) is 0 Å². The number of hydrogen-bond acceptors (Lipinski definition) is 5. The Kier molecular flexibility index (Phi) is 2.47. The standard InChI is InChI=1S/C10H6N2O4/c13-8(14)5-7-10(15)16-9(12-7)6-1-3-11-4-2-6/h1-5H,(H,13,14)/b7-5+. The second-order valence-corrected chi connectivity index (χ2v) is 2.91. The number of aliphatic imine (C=N–C) groups is 1. The molecule has 2 heterocycles. The second kappa shape index (κ2) is 3.93. The van der Waals surface area contributed by atoms with Crippen molar-refractivity contribution in [2.75, 3.05) is 0 Å². The summed E-state index contributed by atoms with van der Waals surface area (Å²) in [6, 6.07) is 3.21. The number of rotatable bonds is 2. The Bertz CT molecular complexity index is 505. The highest BCUT2D eigenvalue weighted by Gasteiger charge is 2.24. The minimum absolute atomic E-state index is 0.0832. The number of carbonyl (C=O) groups excluding carboxylic acids is 1. The van der Waals surface area contributed by atoms with Crippen molar-refractivity contribution in [2.45, 2.75) is 0 Å². The fourth-order valence-corrected chi connectivity index (χ4v) is 1.14. The van der Waals surface area contributed by atoms with Gasteiger partial charge in [0.05, 0.1) is 6.08 Å². The molecule has 0 unspecified atom stereocenters. The first kappa shape index (κ1) is 10.0. The summed E-state index contributed by atoms with van der Waals surface area (Å²) in [6.45, 7) is 0. The molecule has 1 N–H and O–H groups in total. The Morgan fingerprint density at radius 1 is 1.38 bits per heavy atom. The van der Waals surface area contributed by atoms with E-state index in [1.54, 1.807) is 12.1 Å². The molecule has 0 radical (unpaired) electrons. The number of carboxylic acid groups (broad SMARTS) is 1. The van der Waals surface area contributed by atoms with Crippen LogP contribution < -0.4 is 0 Å². The minimum Gasteiger partial charge on any atom is -0.478 e. The first-order chi connectivity index (χ1) is 7.66. The molecule has 80 valence electrons. The molecule has 0 bridgehead atoms. The van der Waals surface area contributed by atoms with Gasteiger partial charge in [-0.15, -0.1) is 0 Å². The van der Waals surface area contributed by atoms with Gasteiger partial charge in [0.1, 0.15) is 0 Å². The molecular weight excluding hydrogens is 212 g/mol. The number of nitrogens with zero attached hydrogens (tertiary/aromatic N) is 2. The van der Waals surface area contributed by atoms with Crippen LogP contribution >= 0.6 is 0 Å². The maximum Gasteiger partial charge on any atom is 0.364 e. The summed E-state index contributed by atoms with van der Waals surface area (Å²) in [4.78, 5) is 29.2. The molecule has 0 atom stereocenters. The van der Waals surface area contributed by atoms with Crippen LogP contribution in [0.2, 0.25) is 0 Å². The van der Waals surface area contributed by atoms with Crippen molar-refractivity contribution in [1.82, 2.24) is 4.98 Å². The van der Waals surface area contributed by atoms with Crippen LogP contribution in [0, 0.1) is 0 Å². The highest BCUT2D eigenvalue weighted by atomic mass is 16.6. The van der Waals surface area contributed by atoms with E-state index in [2.05, 4.69) is 9.98 Å². The van der Waals surface area contributed by atoms with Crippen molar-refractivity contribution in [1.29, 1.82) is 0 Å². The lowest BCUT2D eigenvalue weighted by Crippen LogP contribution is -2.05. The van der Waals surface area contributed by atoms with Gasteiger partial charge in [0.25, 0.3) is 0 Å². The quantitative estimate of drug-likeness (QED) is 0.571. The van der Waals surface area contributed by atoms with Gasteiger partial charge in [-0.05, 0) is 12.1 Å². The minimum atomic E-state index is -1.24. The Morgan fingerprint density at radius 2 is 2.06 bits per heavy atom. The second-order valence-electron chi connectivity index (χ2n) is 2.91. The Hall–Kier alpha value is -2.50. The first-order valence-electron chi connectivity index (χ1n) is 4.33. The first-order valence-corrected chi connectivity index (χ1v) is 4.33. The summed E-state index contributed by atoms with van der Waals surface area (Å²) in [6.07, 6.45) is 3.74. The molecule has 1 aromatic heterocycles. The van der Waals surface area contributed by atoms with Gasteiger partial charge in [0.2, 0.25) is 5.90 Å². The summed E-state index contributed by atoms with van der Waals surface area (Å²) >= 11 is 0. The van der Waals surface area contributed by atoms with Crippen molar-refractivity contribution in [3.05, 3.63) is 41.9 Å². The van der Waals surface area contributed by atoms with E-state index < -0.39 is 11.9 Å². The molecule has 0 aromatic carbocycles. The molecular formula is C10H6N2O4. The van der Waals surface area contributed by atoms with Crippen LogP contribution in [0.1, 0.15) is 5.56 Å².